The quantitative estimate of drug-likeness (QED) is 0.821. The molecule has 3 rings (SSSR count). The second-order valence-electron chi connectivity index (χ2n) is 6.50. The average molecular weight is 341 g/mol. The summed E-state index contributed by atoms with van der Waals surface area (Å²) in [6, 6.07) is 11.7. The van der Waals surface area contributed by atoms with Gasteiger partial charge in [0.05, 0.1) is 11.2 Å². The summed E-state index contributed by atoms with van der Waals surface area (Å²) in [5.41, 5.74) is -0.0366. The number of ketones is 1. The average Bonchev–Trinajstić information content (AvgIpc) is 3.07. The van der Waals surface area contributed by atoms with Crippen molar-refractivity contribution in [2.45, 2.75) is 31.3 Å². The predicted molar refractivity (Wildman–Crippen MR) is 92.0 cm³/mol. The molecule has 4 nitrogen and oxygen atoms in total. The fourth-order valence-corrected chi connectivity index (χ4v) is 3.19. The summed E-state index contributed by atoms with van der Waals surface area (Å²) in [6.07, 6.45) is 3.24. The van der Waals surface area contributed by atoms with Crippen molar-refractivity contribution < 1.29 is 19.1 Å². The van der Waals surface area contributed by atoms with Crippen molar-refractivity contribution in [1.82, 2.24) is 5.32 Å². The van der Waals surface area contributed by atoms with E-state index in [9.17, 15) is 19.1 Å². The second kappa shape index (κ2) is 7.15. The fourth-order valence-electron chi connectivity index (χ4n) is 3.19. The van der Waals surface area contributed by atoms with Crippen LogP contribution in [-0.2, 0) is 0 Å². The van der Waals surface area contributed by atoms with Crippen molar-refractivity contribution in [2.24, 2.45) is 0 Å². The number of nitrogens with one attached hydrogen (secondary N) is 1. The molecule has 1 saturated carbocycles. The summed E-state index contributed by atoms with van der Waals surface area (Å²) in [4.78, 5) is 25.2. The Kier molecular flexibility index (Phi) is 4.95. The van der Waals surface area contributed by atoms with Gasteiger partial charge in [0, 0.05) is 17.7 Å². The summed E-state index contributed by atoms with van der Waals surface area (Å²) in [5, 5.41) is 13.1. The van der Waals surface area contributed by atoms with E-state index < -0.39 is 17.3 Å². The number of hydrogen-bond acceptors (Lipinski definition) is 3. The number of amides is 1. The Hall–Kier alpha value is -2.53. The van der Waals surface area contributed by atoms with Gasteiger partial charge in [0.2, 0.25) is 0 Å². The molecule has 0 aliphatic heterocycles. The number of aliphatic hydroxyl groups is 1. The topological polar surface area (TPSA) is 66.4 Å². The molecule has 2 N–H and O–H groups in total. The normalized spacial score (nSPS) is 15.8. The molecule has 1 aliphatic carbocycles. The van der Waals surface area contributed by atoms with Gasteiger partial charge in [-0.3, -0.25) is 9.59 Å². The molecule has 130 valence electrons. The zero-order chi connectivity index (χ0) is 17.9. The summed E-state index contributed by atoms with van der Waals surface area (Å²) in [7, 11) is 0. The molecular weight excluding hydrogens is 321 g/mol. The maximum absolute atomic E-state index is 13.0. The molecular formula is C20H20FNO3. The molecule has 1 amide bonds. The van der Waals surface area contributed by atoms with E-state index >= 15 is 0 Å². The third-order valence-electron chi connectivity index (χ3n) is 4.63. The first-order valence-corrected chi connectivity index (χ1v) is 8.38. The Morgan fingerprint density at radius 2 is 1.60 bits per heavy atom. The van der Waals surface area contributed by atoms with Crippen LogP contribution in [0.25, 0.3) is 0 Å². The van der Waals surface area contributed by atoms with Gasteiger partial charge < -0.3 is 10.4 Å². The lowest BCUT2D eigenvalue weighted by molar-refractivity contribution is 0.0449. The smallest absolute Gasteiger partial charge is 0.252 e. The van der Waals surface area contributed by atoms with E-state index in [0.29, 0.717) is 18.4 Å². The highest BCUT2D eigenvalue weighted by atomic mass is 19.1. The SMILES string of the molecule is O=C(NCC1(O)CCCC1)c1ccccc1C(=O)c1ccc(F)cc1. The molecule has 0 radical (unpaired) electrons. The van der Waals surface area contributed by atoms with Gasteiger partial charge in [0.15, 0.2) is 5.78 Å². The summed E-state index contributed by atoms with van der Waals surface area (Å²) >= 11 is 0. The van der Waals surface area contributed by atoms with Crippen LogP contribution in [0.5, 0.6) is 0 Å². The lowest BCUT2D eigenvalue weighted by atomic mass is 9.97. The molecule has 0 atom stereocenters. The van der Waals surface area contributed by atoms with E-state index in [1.54, 1.807) is 24.3 Å². The Morgan fingerprint density at radius 1 is 1.00 bits per heavy atom. The maximum Gasteiger partial charge on any atom is 0.252 e. The van der Waals surface area contributed by atoms with E-state index in [4.69, 9.17) is 0 Å². The number of halogens is 1. The van der Waals surface area contributed by atoms with E-state index in [1.165, 1.54) is 24.3 Å². The fraction of sp³-hybridized carbons (Fsp3) is 0.300. The maximum atomic E-state index is 13.0. The van der Waals surface area contributed by atoms with Crippen LogP contribution in [0.4, 0.5) is 4.39 Å². The van der Waals surface area contributed by atoms with Crippen LogP contribution in [0, 0.1) is 5.82 Å². The van der Waals surface area contributed by atoms with Crippen LogP contribution in [0.3, 0.4) is 0 Å². The highest BCUT2D eigenvalue weighted by Gasteiger charge is 2.31. The number of hydrogen-bond donors (Lipinski definition) is 2. The Bertz CT molecular complexity index is 780. The van der Waals surface area contributed by atoms with Gasteiger partial charge in [-0.25, -0.2) is 4.39 Å². The molecule has 0 heterocycles. The van der Waals surface area contributed by atoms with Gasteiger partial charge >= 0.3 is 0 Å². The molecule has 0 saturated heterocycles. The summed E-state index contributed by atoms with van der Waals surface area (Å²) in [5.74, 6) is -1.16. The number of carbonyl (C=O) groups excluding carboxylic acids is 2. The van der Waals surface area contributed by atoms with Crippen molar-refractivity contribution in [2.75, 3.05) is 6.54 Å². The minimum Gasteiger partial charge on any atom is -0.388 e. The minimum absolute atomic E-state index is 0.172. The third kappa shape index (κ3) is 3.94. The molecule has 25 heavy (non-hydrogen) atoms. The highest BCUT2D eigenvalue weighted by molar-refractivity contribution is 6.15. The first-order valence-electron chi connectivity index (χ1n) is 8.38. The minimum atomic E-state index is -0.856. The van der Waals surface area contributed by atoms with Crippen LogP contribution >= 0.6 is 0 Å². The van der Waals surface area contributed by atoms with Gasteiger partial charge in [0.25, 0.3) is 5.91 Å². The van der Waals surface area contributed by atoms with E-state index in [1.807, 2.05) is 0 Å². The molecule has 1 aliphatic rings. The number of rotatable bonds is 5. The summed E-state index contributed by atoms with van der Waals surface area (Å²) in [6.45, 7) is 0.172. The molecule has 0 bridgehead atoms. The van der Waals surface area contributed by atoms with Crippen LogP contribution < -0.4 is 5.32 Å². The molecule has 0 spiro atoms. The first-order chi connectivity index (χ1) is 12.0. The molecule has 5 heteroatoms. The van der Waals surface area contributed by atoms with E-state index in [2.05, 4.69) is 5.32 Å². The van der Waals surface area contributed by atoms with Crippen LogP contribution in [0.1, 0.15) is 52.0 Å². The van der Waals surface area contributed by atoms with Crippen LogP contribution in [0.2, 0.25) is 0 Å². The van der Waals surface area contributed by atoms with Crippen molar-refractivity contribution in [1.29, 1.82) is 0 Å². The van der Waals surface area contributed by atoms with Gasteiger partial charge in [0.1, 0.15) is 5.82 Å². The monoisotopic (exact) mass is 341 g/mol. The predicted octanol–water partition coefficient (Wildman–Crippen LogP) is 3.09. The lowest BCUT2D eigenvalue weighted by Crippen LogP contribution is -2.41. The van der Waals surface area contributed by atoms with Gasteiger partial charge in [-0.05, 0) is 43.2 Å². The Labute approximate surface area is 145 Å². The Balaban J connectivity index is 1.79. The molecule has 0 aromatic heterocycles. The van der Waals surface area contributed by atoms with Crippen molar-refractivity contribution >= 4 is 11.7 Å². The number of carbonyl (C=O) groups is 2. The largest absolute Gasteiger partial charge is 0.388 e. The van der Waals surface area contributed by atoms with Gasteiger partial charge in [-0.15, -0.1) is 0 Å². The van der Waals surface area contributed by atoms with Crippen LogP contribution in [0.15, 0.2) is 48.5 Å². The van der Waals surface area contributed by atoms with Gasteiger partial charge in [-0.2, -0.15) is 0 Å². The summed E-state index contributed by atoms with van der Waals surface area (Å²) < 4.78 is 13.0. The van der Waals surface area contributed by atoms with Crippen molar-refractivity contribution in [3.05, 3.63) is 71.0 Å². The zero-order valence-electron chi connectivity index (χ0n) is 13.8. The lowest BCUT2D eigenvalue weighted by Gasteiger charge is -2.22. The van der Waals surface area contributed by atoms with Crippen LogP contribution in [-0.4, -0.2) is 28.9 Å². The van der Waals surface area contributed by atoms with Crippen molar-refractivity contribution in [3.8, 4) is 0 Å². The zero-order valence-corrected chi connectivity index (χ0v) is 13.8. The molecule has 0 unspecified atom stereocenters. The standard InChI is InChI=1S/C20H20FNO3/c21-15-9-7-14(8-10-15)18(23)16-5-1-2-6-17(16)19(24)22-13-20(25)11-3-4-12-20/h1-2,5-10,25H,3-4,11-13H2,(H,22,24). The number of benzene rings is 2. The highest BCUT2D eigenvalue weighted by Crippen LogP contribution is 2.28. The van der Waals surface area contributed by atoms with E-state index in [-0.39, 0.29) is 23.5 Å². The van der Waals surface area contributed by atoms with E-state index in [0.717, 1.165) is 12.8 Å². The second-order valence-corrected chi connectivity index (χ2v) is 6.50. The molecule has 2 aromatic rings. The first kappa shape index (κ1) is 17.3. The van der Waals surface area contributed by atoms with Crippen molar-refractivity contribution in [3.63, 3.8) is 0 Å². The molecule has 1 fully saturated rings. The Morgan fingerprint density at radius 3 is 2.24 bits per heavy atom. The van der Waals surface area contributed by atoms with Gasteiger partial charge in [-0.1, -0.05) is 31.0 Å². The third-order valence-corrected chi connectivity index (χ3v) is 4.63. The molecule has 2 aromatic carbocycles.